The number of nitrogens with zero attached hydrogens (tertiary/aromatic N) is 3. The van der Waals surface area contributed by atoms with Gasteiger partial charge in [0.15, 0.2) is 0 Å². The fourth-order valence-corrected chi connectivity index (χ4v) is 3.14. The van der Waals surface area contributed by atoms with E-state index in [2.05, 4.69) is 10.4 Å². The molecule has 7 heteroatoms. The van der Waals surface area contributed by atoms with Gasteiger partial charge in [0, 0.05) is 37.1 Å². The van der Waals surface area contributed by atoms with Crippen molar-refractivity contribution >= 4 is 12.0 Å². The van der Waals surface area contributed by atoms with Crippen LogP contribution >= 0.6 is 0 Å². The largest absolute Gasteiger partial charge is 0.444 e. The fraction of sp³-hybridized carbons (Fsp3) is 0.476. The fourth-order valence-electron chi connectivity index (χ4n) is 3.14. The predicted octanol–water partition coefficient (Wildman–Crippen LogP) is 3.06. The third-order valence-corrected chi connectivity index (χ3v) is 4.60. The lowest BCUT2D eigenvalue weighted by molar-refractivity contribution is 0.0199. The molecule has 1 N–H and O–H groups in total. The van der Waals surface area contributed by atoms with Crippen molar-refractivity contribution < 1.29 is 14.3 Å². The van der Waals surface area contributed by atoms with E-state index in [1.165, 1.54) is 0 Å². The summed E-state index contributed by atoms with van der Waals surface area (Å²) in [7, 11) is 0. The van der Waals surface area contributed by atoms with Gasteiger partial charge in [-0.15, -0.1) is 0 Å². The summed E-state index contributed by atoms with van der Waals surface area (Å²) in [4.78, 5) is 26.3. The Morgan fingerprint density at radius 2 is 1.86 bits per heavy atom. The third-order valence-electron chi connectivity index (χ3n) is 4.60. The number of ether oxygens (including phenoxy) is 1. The lowest BCUT2D eigenvalue weighted by atomic mass is 10.0. The minimum Gasteiger partial charge on any atom is -0.444 e. The van der Waals surface area contributed by atoms with Crippen LogP contribution in [0.15, 0.2) is 42.7 Å². The number of likely N-dealkylation sites (tertiary alicyclic amines) is 1. The maximum absolute atomic E-state index is 12.5. The maximum atomic E-state index is 12.5. The van der Waals surface area contributed by atoms with Crippen LogP contribution in [0, 0.1) is 0 Å². The van der Waals surface area contributed by atoms with Gasteiger partial charge in [-0.1, -0.05) is 12.1 Å². The Morgan fingerprint density at radius 1 is 1.18 bits per heavy atom. The summed E-state index contributed by atoms with van der Waals surface area (Å²) in [6, 6.07) is 9.52. The number of piperidine rings is 1. The van der Waals surface area contributed by atoms with E-state index < -0.39 is 5.60 Å². The molecule has 1 aliphatic rings. The summed E-state index contributed by atoms with van der Waals surface area (Å²) in [6.07, 6.45) is 4.82. The molecule has 1 fully saturated rings. The smallest absolute Gasteiger partial charge is 0.410 e. The van der Waals surface area contributed by atoms with Crippen molar-refractivity contribution in [1.82, 2.24) is 20.0 Å². The van der Waals surface area contributed by atoms with Gasteiger partial charge in [0.1, 0.15) is 5.60 Å². The maximum Gasteiger partial charge on any atom is 0.410 e. The molecule has 2 heterocycles. The zero-order chi connectivity index (χ0) is 20.1. The lowest BCUT2D eigenvalue weighted by Gasteiger charge is -2.33. The Balaban J connectivity index is 1.47. The number of benzene rings is 1. The van der Waals surface area contributed by atoms with Gasteiger partial charge in [0.05, 0.1) is 6.54 Å². The number of carbonyl (C=O) groups is 2. The molecule has 3 rings (SSSR count). The van der Waals surface area contributed by atoms with Crippen LogP contribution in [0.25, 0.3) is 0 Å². The second-order valence-electron chi connectivity index (χ2n) is 8.12. The number of rotatable bonds is 4. The molecule has 0 unspecified atom stereocenters. The van der Waals surface area contributed by atoms with Crippen molar-refractivity contribution in [3.05, 3.63) is 53.9 Å². The molecule has 2 aromatic rings. The Labute approximate surface area is 165 Å². The van der Waals surface area contributed by atoms with E-state index in [-0.39, 0.29) is 18.0 Å². The van der Waals surface area contributed by atoms with Crippen molar-refractivity contribution in [3.63, 3.8) is 0 Å². The first-order valence-corrected chi connectivity index (χ1v) is 9.65. The number of hydrogen-bond acceptors (Lipinski definition) is 4. The summed E-state index contributed by atoms with van der Waals surface area (Å²) in [5.41, 5.74) is 1.23. The van der Waals surface area contributed by atoms with E-state index in [4.69, 9.17) is 4.74 Å². The Bertz CT molecular complexity index is 786. The highest BCUT2D eigenvalue weighted by atomic mass is 16.6. The van der Waals surface area contributed by atoms with Gasteiger partial charge in [-0.05, 0) is 57.4 Å². The first-order chi connectivity index (χ1) is 13.3. The number of carbonyl (C=O) groups excluding carboxylic acids is 2. The van der Waals surface area contributed by atoms with Crippen LogP contribution in [-0.2, 0) is 11.3 Å². The van der Waals surface area contributed by atoms with E-state index in [1.807, 2.05) is 62.0 Å². The molecule has 0 aliphatic carbocycles. The molecule has 1 aromatic carbocycles. The first kappa shape index (κ1) is 19.9. The standard InChI is InChI=1S/C21H28N4O3/c1-21(2,3)28-20(27)24-13-9-18(10-14-24)23-19(26)17-7-5-16(6-8-17)15-25-12-4-11-22-25/h4-8,11-12,18H,9-10,13-15H2,1-3H3,(H,23,26). The minimum atomic E-state index is -0.494. The Morgan fingerprint density at radius 3 is 2.43 bits per heavy atom. The quantitative estimate of drug-likeness (QED) is 0.879. The van der Waals surface area contributed by atoms with E-state index in [9.17, 15) is 9.59 Å². The molecular formula is C21H28N4O3. The number of nitrogens with one attached hydrogen (secondary N) is 1. The van der Waals surface area contributed by atoms with Crippen LogP contribution in [0.1, 0.15) is 49.5 Å². The van der Waals surface area contributed by atoms with E-state index in [1.54, 1.807) is 11.1 Å². The number of hydrogen-bond donors (Lipinski definition) is 1. The highest BCUT2D eigenvalue weighted by Gasteiger charge is 2.27. The normalized spacial score (nSPS) is 15.3. The van der Waals surface area contributed by atoms with E-state index in [0.29, 0.717) is 25.2 Å². The molecule has 1 aliphatic heterocycles. The molecule has 0 radical (unpaired) electrons. The second kappa shape index (κ2) is 8.46. The summed E-state index contributed by atoms with van der Waals surface area (Å²) >= 11 is 0. The zero-order valence-corrected chi connectivity index (χ0v) is 16.7. The van der Waals surface area contributed by atoms with Gasteiger partial charge in [-0.25, -0.2) is 4.79 Å². The average molecular weight is 384 g/mol. The summed E-state index contributed by atoms with van der Waals surface area (Å²) < 4.78 is 7.25. The number of aromatic nitrogens is 2. The zero-order valence-electron chi connectivity index (χ0n) is 16.7. The van der Waals surface area contributed by atoms with Gasteiger partial charge in [0.25, 0.3) is 5.91 Å². The van der Waals surface area contributed by atoms with Crippen molar-refractivity contribution in [2.45, 2.75) is 51.8 Å². The van der Waals surface area contributed by atoms with Crippen LogP contribution in [0.4, 0.5) is 4.79 Å². The SMILES string of the molecule is CC(C)(C)OC(=O)N1CCC(NC(=O)c2ccc(Cn3cccn3)cc2)CC1. The molecule has 0 spiro atoms. The summed E-state index contributed by atoms with van der Waals surface area (Å²) in [6.45, 7) is 7.43. The van der Waals surface area contributed by atoms with Crippen molar-refractivity contribution in [2.75, 3.05) is 13.1 Å². The van der Waals surface area contributed by atoms with Crippen molar-refractivity contribution in [3.8, 4) is 0 Å². The van der Waals surface area contributed by atoms with E-state index in [0.717, 1.165) is 18.4 Å². The predicted molar refractivity (Wildman–Crippen MR) is 106 cm³/mol. The van der Waals surface area contributed by atoms with Crippen LogP contribution < -0.4 is 5.32 Å². The van der Waals surface area contributed by atoms with Gasteiger partial charge < -0.3 is 15.0 Å². The monoisotopic (exact) mass is 384 g/mol. The molecular weight excluding hydrogens is 356 g/mol. The molecule has 0 saturated carbocycles. The van der Waals surface area contributed by atoms with Crippen LogP contribution in [0.5, 0.6) is 0 Å². The van der Waals surface area contributed by atoms with Crippen LogP contribution in [-0.4, -0.2) is 51.4 Å². The van der Waals surface area contributed by atoms with Gasteiger partial charge in [-0.2, -0.15) is 5.10 Å². The van der Waals surface area contributed by atoms with E-state index >= 15 is 0 Å². The molecule has 2 amide bonds. The van der Waals surface area contributed by atoms with Crippen molar-refractivity contribution in [1.29, 1.82) is 0 Å². The third kappa shape index (κ3) is 5.58. The van der Waals surface area contributed by atoms with Gasteiger partial charge >= 0.3 is 6.09 Å². The highest BCUT2D eigenvalue weighted by molar-refractivity contribution is 5.94. The topological polar surface area (TPSA) is 76.5 Å². The van der Waals surface area contributed by atoms with Gasteiger partial charge in [0.2, 0.25) is 0 Å². The van der Waals surface area contributed by atoms with Crippen LogP contribution in [0.2, 0.25) is 0 Å². The average Bonchev–Trinajstić information content (AvgIpc) is 3.14. The Kier molecular flexibility index (Phi) is 6.02. The molecule has 7 nitrogen and oxygen atoms in total. The Hall–Kier alpha value is -2.83. The lowest BCUT2D eigenvalue weighted by Crippen LogP contribution is -2.47. The summed E-state index contributed by atoms with van der Waals surface area (Å²) in [5, 5.41) is 7.26. The number of amides is 2. The van der Waals surface area contributed by atoms with Crippen molar-refractivity contribution in [2.24, 2.45) is 0 Å². The molecule has 1 saturated heterocycles. The first-order valence-electron chi connectivity index (χ1n) is 9.65. The molecule has 150 valence electrons. The highest BCUT2D eigenvalue weighted by Crippen LogP contribution is 2.16. The molecule has 28 heavy (non-hydrogen) atoms. The molecule has 0 bridgehead atoms. The minimum absolute atomic E-state index is 0.0648. The second-order valence-corrected chi connectivity index (χ2v) is 8.12. The molecule has 1 aromatic heterocycles. The molecule has 0 atom stereocenters. The summed E-state index contributed by atoms with van der Waals surface area (Å²) in [5.74, 6) is -0.0821. The van der Waals surface area contributed by atoms with Crippen LogP contribution in [0.3, 0.4) is 0 Å². The van der Waals surface area contributed by atoms with Gasteiger partial charge in [-0.3, -0.25) is 9.48 Å².